The maximum Gasteiger partial charge on any atom is 0.343 e. The molecule has 6 nitrogen and oxygen atoms in total. The number of ether oxygens (including phenoxy) is 2. The summed E-state index contributed by atoms with van der Waals surface area (Å²) < 4.78 is 25.4. The summed E-state index contributed by atoms with van der Waals surface area (Å²) in [4.78, 5) is 33.3. The van der Waals surface area contributed by atoms with Gasteiger partial charge in [0.25, 0.3) is 11.5 Å². The van der Waals surface area contributed by atoms with Gasteiger partial charge in [0.05, 0.1) is 19.3 Å². The molecule has 7 heteroatoms. The van der Waals surface area contributed by atoms with Crippen molar-refractivity contribution in [1.29, 1.82) is 0 Å². The Morgan fingerprint density at radius 2 is 1.75 bits per heavy atom. The second kappa shape index (κ2) is 7.30. The van der Waals surface area contributed by atoms with Crippen molar-refractivity contribution in [3.8, 4) is 0 Å². The third kappa shape index (κ3) is 2.54. The van der Waals surface area contributed by atoms with Crippen molar-refractivity contribution in [1.82, 2.24) is 0 Å². The largest absolute Gasteiger partial charge is 0.467 e. The molecule has 0 saturated carbocycles. The number of amides is 1. The Bertz CT molecular complexity index is 1230. The van der Waals surface area contributed by atoms with Gasteiger partial charge >= 0.3 is 5.97 Å². The van der Waals surface area contributed by atoms with E-state index in [1.165, 1.54) is 30.2 Å². The summed E-state index contributed by atoms with van der Waals surface area (Å²) in [5, 5.41) is 0. The Hall–Kier alpha value is -4.00. The number of methoxy groups -OCH3 is 1. The van der Waals surface area contributed by atoms with Crippen LogP contribution >= 0.6 is 0 Å². The van der Waals surface area contributed by atoms with Crippen molar-refractivity contribution in [2.24, 2.45) is 4.99 Å². The zero-order valence-electron chi connectivity index (χ0n) is 17.2. The van der Waals surface area contributed by atoms with Crippen LogP contribution in [0.1, 0.15) is 16.7 Å². The second-order valence-electron chi connectivity index (χ2n) is 7.64. The Kier molecular flexibility index (Phi) is 4.55. The fourth-order valence-corrected chi connectivity index (χ4v) is 4.61. The van der Waals surface area contributed by atoms with Crippen molar-refractivity contribution in [2.75, 3.05) is 12.0 Å². The van der Waals surface area contributed by atoms with E-state index in [0.717, 1.165) is 12.0 Å². The molecule has 2 aliphatic heterocycles. The molecule has 0 radical (unpaired) electrons. The smallest absolute Gasteiger partial charge is 0.343 e. The van der Waals surface area contributed by atoms with Gasteiger partial charge in [-0.2, -0.15) is 0 Å². The normalized spacial score (nSPS) is 23.3. The number of carbonyl (C=O) groups excluding carboxylic acids is 2. The molecule has 32 heavy (non-hydrogen) atoms. The Balaban J connectivity index is 1.76. The summed E-state index contributed by atoms with van der Waals surface area (Å²) in [5.74, 6) is -1.77. The number of aliphatic imine (C=N–C) groups is 1. The van der Waals surface area contributed by atoms with Crippen LogP contribution in [0.2, 0.25) is 0 Å². The van der Waals surface area contributed by atoms with Crippen molar-refractivity contribution < 1.29 is 23.5 Å². The van der Waals surface area contributed by atoms with Gasteiger partial charge in [-0.25, -0.2) is 14.2 Å². The molecule has 2 aliphatic rings. The fraction of sp³-hybridized carbons (Fsp3) is 0.160. The number of fused-ring (bicyclic) bond motifs is 2. The first-order valence-corrected chi connectivity index (χ1v) is 10.1. The second-order valence-corrected chi connectivity index (χ2v) is 7.64. The highest BCUT2D eigenvalue weighted by Gasteiger charge is 2.73. The highest BCUT2D eigenvalue weighted by atomic mass is 19.1. The average molecular weight is 430 g/mol. The number of carbonyl (C=O) groups is 2. The van der Waals surface area contributed by atoms with Gasteiger partial charge in [-0.1, -0.05) is 60.7 Å². The van der Waals surface area contributed by atoms with E-state index in [9.17, 15) is 14.0 Å². The molecule has 0 aliphatic carbocycles. The summed E-state index contributed by atoms with van der Waals surface area (Å²) in [6, 6.07) is 22.0. The van der Waals surface area contributed by atoms with E-state index in [4.69, 9.17) is 9.47 Å². The van der Waals surface area contributed by atoms with E-state index in [0.29, 0.717) is 16.8 Å². The average Bonchev–Trinajstić information content (AvgIpc) is 3.33. The van der Waals surface area contributed by atoms with Gasteiger partial charge in [0.1, 0.15) is 5.82 Å². The molecule has 0 bridgehead atoms. The first-order chi connectivity index (χ1) is 15.5. The number of rotatable bonds is 4. The molecule has 160 valence electrons. The Labute approximate surface area is 183 Å². The predicted octanol–water partition coefficient (Wildman–Crippen LogP) is 3.69. The third-order valence-corrected chi connectivity index (χ3v) is 6.02. The van der Waals surface area contributed by atoms with Crippen LogP contribution in [-0.2, 0) is 36.7 Å². The zero-order valence-corrected chi connectivity index (χ0v) is 17.2. The van der Waals surface area contributed by atoms with E-state index >= 15 is 0 Å². The van der Waals surface area contributed by atoms with Gasteiger partial charge in [0.2, 0.25) is 5.54 Å². The standard InChI is InChI=1S/C25H19FN2O4/c1-31-23(30)24(18-10-6-3-7-11-18)25(32-16-27-24)20-13-12-19(26)14-21(20)28(22(25)29)15-17-8-4-2-5-9-17/h2-14,16H,15H2,1H3/t24-,25+/m1/s1. The molecule has 2 atom stereocenters. The Morgan fingerprint density at radius 1 is 1.06 bits per heavy atom. The number of hydrogen-bond donors (Lipinski definition) is 0. The molecule has 0 aromatic heterocycles. The molecule has 0 unspecified atom stereocenters. The fourth-order valence-electron chi connectivity index (χ4n) is 4.61. The van der Waals surface area contributed by atoms with Crippen LogP contribution in [0.5, 0.6) is 0 Å². The summed E-state index contributed by atoms with van der Waals surface area (Å²) in [5.41, 5.74) is -1.72. The lowest BCUT2D eigenvalue weighted by Gasteiger charge is -2.36. The van der Waals surface area contributed by atoms with Gasteiger partial charge in [-0.15, -0.1) is 0 Å². The minimum Gasteiger partial charge on any atom is -0.467 e. The molecule has 5 rings (SSSR count). The molecule has 0 N–H and O–H groups in total. The molecular weight excluding hydrogens is 411 g/mol. The SMILES string of the molecule is COC(=O)[C@@]1(c2ccccc2)N=CO[C@@]12C(=O)N(Cc1ccccc1)c1cc(F)ccc12. The molecule has 1 amide bonds. The van der Waals surface area contributed by atoms with Crippen molar-refractivity contribution in [2.45, 2.75) is 17.7 Å². The maximum absolute atomic E-state index is 14.3. The van der Waals surface area contributed by atoms with Crippen molar-refractivity contribution in [3.63, 3.8) is 0 Å². The highest BCUT2D eigenvalue weighted by Crippen LogP contribution is 2.57. The number of hydrogen-bond acceptors (Lipinski definition) is 5. The molecule has 3 aromatic rings. The van der Waals surface area contributed by atoms with Crippen LogP contribution in [0, 0.1) is 5.82 Å². The van der Waals surface area contributed by atoms with Gasteiger partial charge in [-0.3, -0.25) is 4.79 Å². The van der Waals surface area contributed by atoms with Crippen LogP contribution in [-0.4, -0.2) is 25.4 Å². The van der Waals surface area contributed by atoms with Gasteiger partial charge in [0.15, 0.2) is 6.40 Å². The van der Waals surface area contributed by atoms with Gasteiger partial charge in [0, 0.05) is 5.56 Å². The minimum absolute atomic E-state index is 0.174. The molecule has 0 fully saturated rings. The van der Waals surface area contributed by atoms with Crippen LogP contribution < -0.4 is 4.90 Å². The minimum atomic E-state index is -1.86. The molecule has 1 spiro atoms. The van der Waals surface area contributed by atoms with E-state index in [1.807, 2.05) is 30.3 Å². The number of halogens is 1. The van der Waals surface area contributed by atoms with E-state index in [-0.39, 0.29) is 6.54 Å². The first-order valence-electron chi connectivity index (χ1n) is 10.1. The molecule has 2 heterocycles. The van der Waals surface area contributed by atoms with Crippen molar-refractivity contribution >= 4 is 24.0 Å². The van der Waals surface area contributed by atoms with Crippen LogP contribution in [0.4, 0.5) is 10.1 Å². The van der Waals surface area contributed by atoms with Gasteiger partial charge < -0.3 is 14.4 Å². The summed E-state index contributed by atoms with van der Waals surface area (Å²) in [6.45, 7) is 0.174. The van der Waals surface area contributed by atoms with Gasteiger partial charge in [-0.05, 0) is 29.3 Å². The van der Waals surface area contributed by atoms with E-state index in [1.54, 1.807) is 30.3 Å². The lowest BCUT2D eigenvalue weighted by atomic mass is 9.71. The summed E-state index contributed by atoms with van der Waals surface area (Å²) in [6.07, 6.45) is 1.11. The number of benzene rings is 3. The lowest BCUT2D eigenvalue weighted by molar-refractivity contribution is -0.162. The predicted molar refractivity (Wildman–Crippen MR) is 115 cm³/mol. The van der Waals surface area contributed by atoms with Crippen LogP contribution in [0.15, 0.2) is 83.9 Å². The van der Waals surface area contributed by atoms with Crippen molar-refractivity contribution in [3.05, 3.63) is 101 Å². The highest BCUT2D eigenvalue weighted by molar-refractivity contribution is 6.13. The first kappa shape index (κ1) is 19.9. The molecular formula is C25H19FN2O4. The topological polar surface area (TPSA) is 68.2 Å². The number of nitrogens with zero attached hydrogens (tertiary/aromatic N) is 2. The maximum atomic E-state index is 14.3. The third-order valence-electron chi connectivity index (χ3n) is 6.02. The number of anilines is 1. The van der Waals surface area contributed by atoms with Crippen LogP contribution in [0.3, 0.4) is 0 Å². The monoisotopic (exact) mass is 430 g/mol. The molecule has 3 aromatic carbocycles. The lowest BCUT2D eigenvalue weighted by Crippen LogP contribution is -2.57. The zero-order chi connectivity index (χ0) is 22.3. The quantitative estimate of drug-likeness (QED) is 0.592. The number of esters is 1. The van der Waals surface area contributed by atoms with E-state index in [2.05, 4.69) is 4.99 Å². The van der Waals surface area contributed by atoms with E-state index < -0.39 is 28.8 Å². The summed E-state index contributed by atoms with van der Waals surface area (Å²) >= 11 is 0. The van der Waals surface area contributed by atoms with Crippen LogP contribution in [0.25, 0.3) is 0 Å². The molecule has 0 saturated heterocycles. The summed E-state index contributed by atoms with van der Waals surface area (Å²) in [7, 11) is 1.24. The Morgan fingerprint density at radius 3 is 2.44 bits per heavy atom.